The fourth-order valence-corrected chi connectivity index (χ4v) is 6.96. The molecule has 3 nitrogen and oxygen atoms in total. The maximum atomic E-state index is 10.3. The molecule has 0 amide bonds. The van der Waals surface area contributed by atoms with Crippen LogP contribution in [0.4, 0.5) is 0 Å². The molecule has 3 heteroatoms. The molecule has 0 aromatic heterocycles. The average Bonchev–Trinajstić information content (AvgIpc) is 3.52. The first-order valence-corrected chi connectivity index (χ1v) is 12.5. The fourth-order valence-electron chi connectivity index (χ4n) is 6.96. The van der Waals surface area contributed by atoms with E-state index in [0.717, 1.165) is 17.6 Å². The second-order valence-electron chi connectivity index (χ2n) is 11.3. The van der Waals surface area contributed by atoms with Crippen molar-refractivity contribution in [2.24, 2.45) is 28.6 Å². The van der Waals surface area contributed by atoms with Gasteiger partial charge in [0.05, 0.1) is 18.3 Å². The van der Waals surface area contributed by atoms with Gasteiger partial charge >= 0.3 is 0 Å². The van der Waals surface area contributed by atoms with Crippen molar-refractivity contribution in [3.63, 3.8) is 0 Å². The van der Waals surface area contributed by atoms with Gasteiger partial charge in [-0.2, -0.15) is 0 Å². The van der Waals surface area contributed by atoms with Crippen molar-refractivity contribution < 1.29 is 15.3 Å². The zero-order chi connectivity index (χ0) is 22.4. The van der Waals surface area contributed by atoms with Crippen LogP contribution in [0.25, 0.3) is 0 Å². The Bertz CT molecular complexity index is 788. The summed E-state index contributed by atoms with van der Waals surface area (Å²) in [6.45, 7) is 11.4. The van der Waals surface area contributed by atoms with E-state index in [1.54, 1.807) is 0 Å². The van der Waals surface area contributed by atoms with Gasteiger partial charge in [-0.15, -0.1) is 0 Å². The minimum atomic E-state index is -0.630. The van der Waals surface area contributed by atoms with Crippen molar-refractivity contribution in [2.75, 3.05) is 0 Å². The molecule has 172 valence electrons. The summed E-state index contributed by atoms with van der Waals surface area (Å²) >= 11 is 0. The second kappa shape index (κ2) is 8.65. The fraction of sp³-hybridized carbons (Fsp3) is 0.714. The average molecular weight is 427 g/mol. The van der Waals surface area contributed by atoms with Gasteiger partial charge in [0, 0.05) is 6.42 Å². The van der Waals surface area contributed by atoms with Crippen LogP contribution in [0.1, 0.15) is 78.6 Å². The quantitative estimate of drug-likeness (QED) is 0.510. The Hall–Kier alpha value is -1.16. The highest BCUT2D eigenvalue weighted by molar-refractivity contribution is 5.39. The van der Waals surface area contributed by atoms with Crippen LogP contribution in [0.5, 0.6) is 0 Å². The Balaban J connectivity index is 1.54. The smallest absolute Gasteiger partial charge is 0.0811 e. The molecule has 7 atom stereocenters. The number of allylic oxidation sites excluding steroid dienone is 4. The van der Waals surface area contributed by atoms with Gasteiger partial charge in [0.1, 0.15) is 0 Å². The summed E-state index contributed by atoms with van der Waals surface area (Å²) in [5.74, 6) is 1.60. The van der Waals surface area contributed by atoms with E-state index in [2.05, 4.69) is 51.7 Å². The number of hydrogen-bond acceptors (Lipinski definition) is 3. The molecule has 0 aromatic carbocycles. The predicted molar refractivity (Wildman–Crippen MR) is 126 cm³/mol. The number of hydrogen-bond donors (Lipinski definition) is 3. The molecule has 0 aliphatic heterocycles. The number of aliphatic hydroxyl groups is 3. The predicted octanol–water partition coefficient (Wildman–Crippen LogP) is 5.48. The van der Waals surface area contributed by atoms with Crippen LogP contribution in [-0.2, 0) is 0 Å². The van der Waals surface area contributed by atoms with E-state index in [4.69, 9.17) is 0 Å². The first-order valence-electron chi connectivity index (χ1n) is 12.5. The van der Waals surface area contributed by atoms with Gasteiger partial charge in [0.25, 0.3) is 0 Å². The third kappa shape index (κ3) is 4.26. The molecule has 4 saturated carbocycles. The van der Waals surface area contributed by atoms with Crippen molar-refractivity contribution in [3.05, 3.63) is 47.6 Å². The first-order chi connectivity index (χ1) is 14.7. The van der Waals surface area contributed by atoms with Crippen LogP contribution in [0.2, 0.25) is 0 Å². The van der Waals surface area contributed by atoms with Crippen LogP contribution in [0.3, 0.4) is 0 Å². The summed E-state index contributed by atoms with van der Waals surface area (Å²) in [6.07, 6.45) is 16.8. The molecule has 4 rings (SSSR count). The molecular formula is C28H42O3. The van der Waals surface area contributed by atoms with Crippen LogP contribution < -0.4 is 0 Å². The highest BCUT2D eigenvalue weighted by Gasteiger charge is 2.57. The van der Waals surface area contributed by atoms with Crippen molar-refractivity contribution in [2.45, 2.75) is 96.9 Å². The lowest BCUT2D eigenvalue weighted by Crippen LogP contribution is -2.42. The molecule has 3 N–H and O–H groups in total. The summed E-state index contributed by atoms with van der Waals surface area (Å²) in [6, 6.07) is 0. The Kier molecular flexibility index (Phi) is 6.42. The maximum Gasteiger partial charge on any atom is 0.0811 e. The van der Waals surface area contributed by atoms with Gasteiger partial charge in [-0.1, -0.05) is 57.2 Å². The van der Waals surface area contributed by atoms with Gasteiger partial charge in [-0.25, -0.2) is 0 Å². The third-order valence-corrected chi connectivity index (χ3v) is 9.49. The lowest BCUT2D eigenvalue weighted by atomic mass is 9.53. The highest BCUT2D eigenvalue weighted by Crippen LogP contribution is 2.66. The Labute approximate surface area is 188 Å². The molecule has 0 aromatic rings. The Morgan fingerprint density at radius 3 is 2.52 bits per heavy atom. The first kappa shape index (κ1) is 23.0. The number of aliphatic hydroxyl groups excluding tert-OH is 3. The largest absolute Gasteiger partial charge is 0.393 e. The van der Waals surface area contributed by atoms with Gasteiger partial charge < -0.3 is 15.3 Å². The van der Waals surface area contributed by atoms with Crippen molar-refractivity contribution in [1.82, 2.24) is 0 Å². The standard InChI is InChI=1S/C28H42O3/c1-18(7-12-25(30)20-8-9-20)24-13-15-27(3)22(6-5-14-28(24,27)4)11-10-21-16-23(29)17-26(31)19(21)2/h7,10-12,18,20,23-26,29-31H,2,5-6,8-9,13-17H2,1,3-4H3/b12-7+,21-10-,22-11-/t18-,23+,24-,25-,26+,27+,28-/m1/s1. The molecule has 4 aliphatic rings. The number of rotatable bonds is 5. The van der Waals surface area contributed by atoms with Gasteiger partial charge in [0.15, 0.2) is 0 Å². The number of fused-ring (bicyclic) bond motifs is 1. The van der Waals surface area contributed by atoms with Crippen LogP contribution in [-0.4, -0.2) is 33.6 Å². The summed E-state index contributed by atoms with van der Waals surface area (Å²) in [4.78, 5) is 0. The molecule has 0 unspecified atom stereocenters. The highest BCUT2D eigenvalue weighted by atomic mass is 16.3. The zero-order valence-electron chi connectivity index (χ0n) is 19.7. The van der Waals surface area contributed by atoms with Crippen LogP contribution in [0, 0.1) is 28.6 Å². The van der Waals surface area contributed by atoms with E-state index in [1.807, 2.05) is 0 Å². The van der Waals surface area contributed by atoms with E-state index < -0.39 is 12.2 Å². The lowest BCUT2D eigenvalue weighted by Gasteiger charge is -2.51. The van der Waals surface area contributed by atoms with Gasteiger partial charge in [-0.05, 0) is 91.1 Å². The summed E-state index contributed by atoms with van der Waals surface area (Å²) < 4.78 is 0. The molecule has 0 heterocycles. The molecule has 0 bridgehead atoms. The monoisotopic (exact) mass is 426 g/mol. The molecular weight excluding hydrogens is 384 g/mol. The minimum Gasteiger partial charge on any atom is -0.393 e. The third-order valence-electron chi connectivity index (χ3n) is 9.49. The van der Waals surface area contributed by atoms with E-state index >= 15 is 0 Å². The molecule has 4 aliphatic carbocycles. The normalized spacial score (nSPS) is 43.5. The zero-order valence-corrected chi connectivity index (χ0v) is 19.7. The molecule has 0 spiro atoms. The van der Waals surface area contributed by atoms with E-state index in [-0.39, 0.29) is 16.9 Å². The maximum absolute atomic E-state index is 10.3. The van der Waals surface area contributed by atoms with Crippen LogP contribution in [0.15, 0.2) is 47.6 Å². The summed E-state index contributed by atoms with van der Waals surface area (Å²) in [5.41, 5.74) is 3.72. The molecule has 0 saturated heterocycles. The molecule has 31 heavy (non-hydrogen) atoms. The van der Waals surface area contributed by atoms with Crippen LogP contribution >= 0.6 is 0 Å². The Morgan fingerprint density at radius 2 is 1.81 bits per heavy atom. The summed E-state index contributed by atoms with van der Waals surface area (Å²) in [5, 5.41) is 30.5. The van der Waals surface area contributed by atoms with Crippen molar-refractivity contribution >= 4 is 0 Å². The summed E-state index contributed by atoms with van der Waals surface area (Å²) in [7, 11) is 0. The van der Waals surface area contributed by atoms with Crippen molar-refractivity contribution in [1.29, 1.82) is 0 Å². The van der Waals surface area contributed by atoms with Crippen molar-refractivity contribution in [3.8, 4) is 0 Å². The van der Waals surface area contributed by atoms with E-state index in [9.17, 15) is 15.3 Å². The second-order valence-corrected chi connectivity index (χ2v) is 11.3. The SMILES string of the molecule is C=C1/C(=C\C=C2\CCC[C@]3(C)[C@@H]([C@H](C)/C=C/[C@@H](O)C4CC4)CC[C@@]23C)C[C@H](O)C[C@@H]1O. The topological polar surface area (TPSA) is 60.7 Å². The molecule has 4 fully saturated rings. The van der Waals surface area contributed by atoms with Gasteiger partial charge in [-0.3, -0.25) is 0 Å². The van der Waals surface area contributed by atoms with E-state index in [1.165, 1.54) is 44.1 Å². The van der Waals surface area contributed by atoms with Gasteiger partial charge in [0.2, 0.25) is 0 Å². The lowest BCUT2D eigenvalue weighted by molar-refractivity contribution is 0.0455. The Morgan fingerprint density at radius 1 is 1.06 bits per heavy atom. The minimum absolute atomic E-state index is 0.178. The van der Waals surface area contributed by atoms with E-state index in [0.29, 0.717) is 30.6 Å². The molecule has 0 radical (unpaired) electrons.